The Morgan fingerprint density at radius 3 is 2.70 bits per heavy atom. The third-order valence-corrected chi connectivity index (χ3v) is 4.00. The summed E-state index contributed by atoms with van der Waals surface area (Å²) in [6.45, 7) is 1.59. The zero-order valence-electron chi connectivity index (χ0n) is 14.6. The van der Waals surface area contributed by atoms with Crippen LogP contribution in [0.2, 0.25) is 0 Å². The molecular weight excluding hydrogens is 359 g/mol. The number of aliphatic imine (C=N–C) groups is 1. The van der Waals surface area contributed by atoms with E-state index in [2.05, 4.69) is 10.3 Å². The summed E-state index contributed by atoms with van der Waals surface area (Å²) in [5, 5.41) is 2.95. The van der Waals surface area contributed by atoms with Crippen molar-refractivity contribution in [3.05, 3.63) is 59.2 Å². The standard InChI is InChI=1S/C19H20F3N3O2/c20-19(21,22)15-6-1-4-13(10-15)11-24-18(23)25-12-14-5-2-7-16-17(14)27-9-3-8-26-16/h1-2,4-7,10H,3,8-9,11-12H2,(H3,23,24,25). The molecule has 1 aliphatic rings. The Kier molecular flexibility index (Phi) is 5.73. The zero-order valence-corrected chi connectivity index (χ0v) is 14.6. The summed E-state index contributed by atoms with van der Waals surface area (Å²) >= 11 is 0. The highest BCUT2D eigenvalue weighted by Gasteiger charge is 2.30. The molecule has 0 atom stereocenters. The number of hydrogen-bond acceptors (Lipinski definition) is 3. The first-order valence-electron chi connectivity index (χ1n) is 8.51. The Hall–Kier alpha value is -2.90. The zero-order chi connectivity index (χ0) is 19.3. The molecule has 1 heterocycles. The molecule has 0 spiro atoms. The number of ether oxygens (including phenoxy) is 2. The maximum absolute atomic E-state index is 12.7. The highest BCUT2D eigenvalue weighted by Crippen LogP contribution is 2.33. The van der Waals surface area contributed by atoms with Gasteiger partial charge in [-0.3, -0.25) is 0 Å². The number of fused-ring (bicyclic) bond motifs is 1. The molecule has 0 saturated heterocycles. The molecule has 0 fully saturated rings. The van der Waals surface area contributed by atoms with Crippen LogP contribution in [0.3, 0.4) is 0 Å². The van der Waals surface area contributed by atoms with Crippen LogP contribution >= 0.6 is 0 Å². The third-order valence-electron chi connectivity index (χ3n) is 4.00. The Morgan fingerprint density at radius 2 is 1.89 bits per heavy atom. The normalized spacial score (nSPS) is 14.6. The van der Waals surface area contributed by atoms with Gasteiger partial charge in [0, 0.05) is 18.5 Å². The molecule has 8 heteroatoms. The van der Waals surface area contributed by atoms with Crippen LogP contribution < -0.4 is 20.5 Å². The minimum atomic E-state index is -4.38. The largest absolute Gasteiger partial charge is 0.490 e. The van der Waals surface area contributed by atoms with Gasteiger partial charge in [0.05, 0.1) is 25.3 Å². The number of nitrogens with zero attached hydrogens (tertiary/aromatic N) is 1. The molecule has 27 heavy (non-hydrogen) atoms. The van der Waals surface area contributed by atoms with Gasteiger partial charge in [-0.15, -0.1) is 0 Å². The van der Waals surface area contributed by atoms with E-state index in [0.29, 0.717) is 36.8 Å². The second kappa shape index (κ2) is 8.20. The number of rotatable bonds is 4. The maximum Gasteiger partial charge on any atom is 0.416 e. The predicted molar refractivity (Wildman–Crippen MR) is 95.7 cm³/mol. The van der Waals surface area contributed by atoms with Gasteiger partial charge >= 0.3 is 6.18 Å². The van der Waals surface area contributed by atoms with Crippen molar-refractivity contribution in [3.63, 3.8) is 0 Å². The van der Waals surface area contributed by atoms with E-state index in [1.807, 2.05) is 18.2 Å². The third kappa shape index (κ3) is 5.06. The molecule has 5 nitrogen and oxygen atoms in total. The lowest BCUT2D eigenvalue weighted by Crippen LogP contribution is -2.31. The molecule has 144 valence electrons. The Labute approximate surface area is 155 Å². The molecule has 2 aromatic rings. The van der Waals surface area contributed by atoms with Gasteiger partial charge in [0.2, 0.25) is 0 Å². The summed E-state index contributed by atoms with van der Waals surface area (Å²) in [6, 6.07) is 10.6. The fourth-order valence-electron chi connectivity index (χ4n) is 2.66. The quantitative estimate of drug-likeness (QED) is 0.631. The average Bonchev–Trinajstić information content (AvgIpc) is 2.90. The molecule has 3 N–H and O–H groups in total. The highest BCUT2D eigenvalue weighted by molar-refractivity contribution is 5.77. The number of nitrogens with two attached hydrogens (primary N) is 1. The SMILES string of the molecule is NC(=NCc1cccc(C(F)(F)F)c1)NCc1cccc2c1OCCCO2. The minimum Gasteiger partial charge on any atom is -0.490 e. The van der Waals surface area contributed by atoms with Gasteiger partial charge in [-0.25, -0.2) is 4.99 Å². The first-order chi connectivity index (χ1) is 12.9. The molecule has 1 aliphatic heterocycles. The van der Waals surface area contributed by atoms with E-state index in [-0.39, 0.29) is 12.5 Å². The van der Waals surface area contributed by atoms with Crippen LogP contribution in [-0.4, -0.2) is 19.2 Å². The monoisotopic (exact) mass is 379 g/mol. The van der Waals surface area contributed by atoms with Gasteiger partial charge in [-0.05, 0) is 23.8 Å². The van der Waals surface area contributed by atoms with Crippen LogP contribution in [0.1, 0.15) is 23.1 Å². The van der Waals surface area contributed by atoms with Crippen molar-refractivity contribution >= 4 is 5.96 Å². The van der Waals surface area contributed by atoms with E-state index in [1.165, 1.54) is 6.07 Å². The number of alkyl halides is 3. The van der Waals surface area contributed by atoms with Crippen molar-refractivity contribution < 1.29 is 22.6 Å². The lowest BCUT2D eigenvalue weighted by molar-refractivity contribution is -0.137. The van der Waals surface area contributed by atoms with Crippen LogP contribution in [-0.2, 0) is 19.3 Å². The number of nitrogens with one attached hydrogen (secondary N) is 1. The number of hydrogen-bond donors (Lipinski definition) is 2. The van der Waals surface area contributed by atoms with Crippen molar-refractivity contribution in [3.8, 4) is 11.5 Å². The van der Waals surface area contributed by atoms with Gasteiger partial charge in [0.1, 0.15) is 0 Å². The van der Waals surface area contributed by atoms with Gasteiger partial charge < -0.3 is 20.5 Å². The van der Waals surface area contributed by atoms with E-state index in [0.717, 1.165) is 24.1 Å². The molecule has 3 rings (SSSR count). The van der Waals surface area contributed by atoms with Crippen LogP contribution in [0.4, 0.5) is 13.2 Å². The molecule has 0 amide bonds. The summed E-state index contributed by atoms with van der Waals surface area (Å²) in [7, 11) is 0. The van der Waals surface area contributed by atoms with Crippen molar-refractivity contribution in [1.82, 2.24) is 5.32 Å². The van der Waals surface area contributed by atoms with E-state index < -0.39 is 11.7 Å². The molecule has 0 aromatic heterocycles. The Morgan fingerprint density at radius 1 is 1.11 bits per heavy atom. The van der Waals surface area contributed by atoms with Gasteiger partial charge in [0.25, 0.3) is 0 Å². The van der Waals surface area contributed by atoms with E-state index >= 15 is 0 Å². The summed E-state index contributed by atoms with van der Waals surface area (Å²) in [5.41, 5.74) is 6.44. The first-order valence-corrected chi connectivity index (χ1v) is 8.51. The van der Waals surface area contributed by atoms with Crippen molar-refractivity contribution in [2.24, 2.45) is 10.7 Å². The second-order valence-electron chi connectivity index (χ2n) is 6.05. The first kappa shape index (κ1) is 18.9. The van der Waals surface area contributed by atoms with Gasteiger partial charge in [-0.1, -0.05) is 24.3 Å². The van der Waals surface area contributed by atoms with E-state index in [9.17, 15) is 13.2 Å². The van der Waals surface area contributed by atoms with E-state index in [1.54, 1.807) is 6.07 Å². The summed E-state index contributed by atoms with van der Waals surface area (Å²) in [4.78, 5) is 4.11. The van der Waals surface area contributed by atoms with Crippen LogP contribution in [0.5, 0.6) is 11.5 Å². The Balaban J connectivity index is 1.62. The topological polar surface area (TPSA) is 68.9 Å². The predicted octanol–water partition coefficient (Wildman–Crippen LogP) is 3.47. The summed E-state index contributed by atoms with van der Waals surface area (Å²) in [5.74, 6) is 1.50. The number of halogens is 3. The fraction of sp³-hybridized carbons (Fsp3) is 0.316. The summed E-state index contributed by atoms with van der Waals surface area (Å²) < 4.78 is 49.6. The minimum absolute atomic E-state index is 0.0509. The second-order valence-corrected chi connectivity index (χ2v) is 6.05. The summed E-state index contributed by atoms with van der Waals surface area (Å²) in [6.07, 6.45) is -3.57. The van der Waals surface area contributed by atoms with Gasteiger partial charge in [-0.2, -0.15) is 13.2 Å². The lowest BCUT2D eigenvalue weighted by atomic mass is 10.1. The van der Waals surface area contributed by atoms with Crippen molar-refractivity contribution in [2.75, 3.05) is 13.2 Å². The molecule has 0 aliphatic carbocycles. The molecule has 0 radical (unpaired) electrons. The maximum atomic E-state index is 12.7. The van der Waals surface area contributed by atoms with E-state index in [4.69, 9.17) is 15.2 Å². The van der Waals surface area contributed by atoms with Crippen molar-refractivity contribution in [1.29, 1.82) is 0 Å². The van der Waals surface area contributed by atoms with Crippen LogP contribution in [0.15, 0.2) is 47.5 Å². The Bertz CT molecular complexity index is 822. The molecule has 0 saturated carbocycles. The lowest BCUT2D eigenvalue weighted by Gasteiger charge is -2.13. The highest BCUT2D eigenvalue weighted by atomic mass is 19.4. The molecule has 0 bridgehead atoms. The number of guanidine groups is 1. The van der Waals surface area contributed by atoms with Gasteiger partial charge in [0.15, 0.2) is 17.5 Å². The molecule has 0 unspecified atom stereocenters. The van der Waals surface area contributed by atoms with Crippen LogP contribution in [0.25, 0.3) is 0 Å². The fourth-order valence-corrected chi connectivity index (χ4v) is 2.66. The van der Waals surface area contributed by atoms with Crippen molar-refractivity contribution in [2.45, 2.75) is 25.7 Å². The molecular formula is C19H20F3N3O2. The van der Waals surface area contributed by atoms with Crippen LogP contribution in [0, 0.1) is 0 Å². The average molecular weight is 379 g/mol. The number of para-hydroxylation sites is 1. The number of benzene rings is 2. The molecule has 2 aromatic carbocycles. The smallest absolute Gasteiger partial charge is 0.416 e.